The number of thioether (sulfide) groups is 1. The van der Waals surface area contributed by atoms with Gasteiger partial charge in [0.15, 0.2) is 0 Å². The Balaban J connectivity index is 2.93. The molecule has 0 aromatic carbocycles. The van der Waals surface area contributed by atoms with Crippen molar-refractivity contribution in [3.63, 3.8) is 0 Å². The minimum atomic E-state index is -1.23. The van der Waals surface area contributed by atoms with Crippen molar-refractivity contribution in [1.82, 2.24) is 4.90 Å². The summed E-state index contributed by atoms with van der Waals surface area (Å²) < 4.78 is 0.342. The van der Waals surface area contributed by atoms with E-state index in [9.17, 15) is 14.7 Å². The SMILES string of the molecule is CC[C@H](C)[C@@H](C(=O)[O-])N1C(=O)CSC1=S. The number of aliphatic carboxylic acids is 1. The highest BCUT2D eigenvalue weighted by Crippen LogP contribution is 2.26. The summed E-state index contributed by atoms with van der Waals surface area (Å²) in [4.78, 5) is 23.7. The molecule has 15 heavy (non-hydrogen) atoms. The number of hydrogen-bond donors (Lipinski definition) is 0. The summed E-state index contributed by atoms with van der Waals surface area (Å²) in [6.07, 6.45) is 0.662. The molecule has 1 rings (SSSR count). The lowest BCUT2D eigenvalue weighted by Gasteiger charge is -2.32. The van der Waals surface area contributed by atoms with Gasteiger partial charge in [0.05, 0.1) is 17.8 Å². The van der Waals surface area contributed by atoms with Crippen LogP contribution in [0.4, 0.5) is 0 Å². The molecule has 84 valence electrons. The number of nitrogens with zero attached hydrogens (tertiary/aromatic N) is 1. The Bertz CT molecular complexity index is 290. The van der Waals surface area contributed by atoms with Gasteiger partial charge in [0.1, 0.15) is 4.32 Å². The molecule has 0 aromatic rings. The van der Waals surface area contributed by atoms with E-state index in [1.165, 1.54) is 16.7 Å². The van der Waals surface area contributed by atoms with Gasteiger partial charge in [-0.1, -0.05) is 44.2 Å². The lowest BCUT2D eigenvalue weighted by Crippen LogP contribution is -2.53. The van der Waals surface area contributed by atoms with Gasteiger partial charge in [-0.25, -0.2) is 0 Å². The Labute approximate surface area is 98.0 Å². The fourth-order valence-corrected chi connectivity index (χ4v) is 2.58. The van der Waals surface area contributed by atoms with Crippen LogP contribution >= 0.6 is 24.0 Å². The van der Waals surface area contributed by atoms with E-state index in [2.05, 4.69) is 0 Å². The molecule has 1 heterocycles. The molecule has 0 radical (unpaired) electrons. The Morgan fingerprint density at radius 3 is 2.67 bits per heavy atom. The first-order chi connectivity index (χ1) is 6.99. The van der Waals surface area contributed by atoms with Crippen molar-refractivity contribution in [2.75, 3.05) is 5.75 Å². The molecule has 0 aromatic heterocycles. The molecule has 2 atom stereocenters. The zero-order chi connectivity index (χ0) is 11.6. The average Bonchev–Trinajstić information content (AvgIpc) is 2.49. The fraction of sp³-hybridized carbons (Fsp3) is 0.667. The quantitative estimate of drug-likeness (QED) is 0.654. The second-order valence-electron chi connectivity index (χ2n) is 3.47. The fourth-order valence-electron chi connectivity index (χ4n) is 1.45. The Kier molecular flexibility index (Phi) is 4.10. The minimum absolute atomic E-state index is 0.157. The van der Waals surface area contributed by atoms with Crippen LogP contribution in [0.3, 0.4) is 0 Å². The molecule has 6 heteroatoms. The van der Waals surface area contributed by atoms with Gasteiger partial charge in [0.25, 0.3) is 0 Å². The van der Waals surface area contributed by atoms with Gasteiger partial charge in [-0.2, -0.15) is 0 Å². The van der Waals surface area contributed by atoms with E-state index in [0.717, 1.165) is 0 Å². The Morgan fingerprint density at radius 1 is 1.73 bits per heavy atom. The van der Waals surface area contributed by atoms with Gasteiger partial charge in [0.2, 0.25) is 5.91 Å². The van der Waals surface area contributed by atoms with Crippen molar-refractivity contribution in [2.45, 2.75) is 26.3 Å². The van der Waals surface area contributed by atoms with Crippen molar-refractivity contribution < 1.29 is 14.7 Å². The smallest absolute Gasteiger partial charge is 0.239 e. The zero-order valence-corrected chi connectivity index (χ0v) is 10.2. The second kappa shape index (κ2) is 4.94. The van der Waals surface area contributed by atoms with E-state index in [1.807, 2.05) is 6.92 Å². The molecular formula is C9H12NO3S2-. The molecule has 0 bridgehead atoms. The van der Waals surface area contributed by atoms with Crippen molar-refractivity contribution in [3.8, 4) is 0 Å². The highest BCUT2D eigenvalue weighted by molar-refractivity contribution is 8.23. The van der Waals surface area contributed by atoms with Crippen LogP contribution in [-0.2, 0) is 9.59 Å². The van der Waals surface area contributed by atoms with E-state index < -0.39 is 12.0 Å². The highest BCUT2D eigenvalue weighted by Gasteiger charge is 2.36. The normalized spacial score (nSPS) is 20.5. The number of amides is 1. The molecule has 1 aliphatic rings. The predicted octanol–water partition coefficient (Wildman–Crippen LogP) is 0.0113. The molecule has 1 saturated heterocycles. The highest BCUT2D eigenvalue weighted by atomic mass is 32.2. The van der Waals surface area contributed by atoms with Crippen molar-refractivity contribution in [2.24, 2.45) is 5.92 Å². The summed E-state index contributed by atoms with van der Waals surface area (Å²) in [7, 11) is 0. The third-order valence-electron chi connectivity index (χ3n) is 2.49. The maximum absolute atomic E-state index is 11.5. The molecule has 0 saturated carbocycles. The van der Waals surface area contributed by atoms with Crippen LogP contribution in [0.5, 0.6) is 0 Å². The summed E-state index contributed by atoms with van der Waals surface area (Å²) in [5.41, 5.74) is 0. The van der Waals surface area contributed by atoms with Crippen LogP contribution in [0.25, 0.3) is 0 Å². The largest absolute Gasteiger partial charge is 0.548 e. The molecule has 4 nitrogen and oxygen atoms in total. The van der Waals surface area contributed by atoms with Crippen LogP contribution in [0.15, 0.2) is 0 Å². The number of rotatable bonds is 4. The first-order valence-electron chi connectivity index (χ1n) is 4.68. The molecule has 1 aliphatic heterocycles. The van der Waals surface area contributed by atoms with E-state index in [4.69, 9.17) is 12.2 Å². The average molecular weight is 246 g/mol. The third-order valence-corrected chi connectivity index (χ3v) is 3.87. The van der Waals surface area contributed by atoms with E-state index in [0.29, 0.717) is 10.7 Å². The number of thiocarbonyl (C=S) groups is 1. The van der Waals surface area contributed by atoms with Gasteiger partial charge in [-0.3, -0.25) is 9.69 Å². The first-order valence-corrected chi connectivity index (χ1v) is 6.08. The van der Waals surface area contributed by atoms with E-state index >= 15 is 0 Å². The van der Waals surface area contributed by atoms with Crippen LogP contribution < -0.4 is 5.11 Å². The summed E-state index contributed by atoms with van der Waals surface area (Å²) in [6.45, 7) is 3.65. The number of carboxylic acids is 1. The van der Waals surface area contributed by atoms with Gasteiger partial charge in [-0.15, -0.1) is 0 Å². The van der Waals surface area contributed by atoms with Crippen LogP contribution in [0.2, 0.25) is 0 Å². The molecular weight excluding hydrogens is 234 g/mol. The van der Waals surface area contributed by atoms with E-state index in [1.54, 1.807) is 6.92 Å². The van der Waals surface area contributed by atoms with E-state index in [-0.39, 0.29) is 17.6 Å². The number of carboxylic acid groups (broad SMARTS) is 1. The zero-order valence-electron chi connectivity index (χ0n) is 8.56. The number of carbonyl (C=O) groups excluding carboxylic acids is 2. The topological polar surface area (TPSA) is 60.4 Å². The molecule has 0 aliphatic carbocycles. The third kappa shape index (κ3) is 2.49. The second-order valence-corrected chi connectivity index (χ2v) is 5.08. The summed E-state index contributed by atoms with van der Waals surface area (Å²) in [5, 5.41) is 11.0. The lowest BCUT2D eigenvalue weighted by molar-refractivity contribution is -0.311. The van der Waals surface area contributed by atoms with Gasteiger partial charge in [0, 0.05) is 0 Å². The maximum Gasteiger partial charge on any atom is 0.239 e. The van der Waals surface area contributed by atoms with Crippen LogP contribution in [-0.4, -0.2) is 32.9 Å². The summed E-state index contributed by atoms with van der Waals surface area (Å²) in [5.74, 6) is -1.39. The number of carbonyl (C=O) groups is 2. The van der Waals surface area contributed by atoms with Crippen molar-refractivity contribution in [1.29, 1.82) is 0 Å². The monoisotopic (exact) mass is 246 g/mol. The van der Waals surface area contributed by atoms with Gasteiger partial charge in [-0.05, 0) is 5.92 Å². The molecule has 1 fully saturated rings. The Hall–Kier alpha value is -0.620. The molecule has 0 unspecified atom stereocenters. The van der Waals surface area contributed by atoms with Gasteiger partial charge < -0.3 is 9.90 Å². The number of hydrogen-bond acceptors (Lipinski definition) is 5. The van der Waals surface area contributed by atoms with Crippen molar-refractivity contribution in [3.05, 3.63) is 0 Å². The van der Waals surface area contributed by atoms with Gasteiger partial charge >= 0.3 is 0 Å². The first kappa shape index (κ1) is 12.4. The van der Waals surface area contributed by atoms with Crippen LogP contribution in [0.1, 0.15) is 20.3 Å². The van der Waals surface area contributed by atoms with Crippen molar-refractivity contribution >= 4 is 40.2 Å². The Morgan fingerprint density at radius 2 is 2.33 bits per heavy atom. The lowest BCUT2D eigenvalue weighted by atomic mass is 9.98. The molecule has 0 spiro atoms. The maximum atomic E-state index is 11.5. The summed E-state index contributed by atoms with van der Waals surface area (Å²) in [6, 6.07) is -0.926. The standard InChI is InChI=1S/C9H13NO3S2/c1-3-5(2)7(8(12)13)10-6(11)4-15-9(10)14/h5,7H,3-4H2,1-2H3,(H,12,13)/p-1/t5-,7-/m0/s1. The molecule has 0 N–H and O–H groups in total. The molecule has 1 amide bonds. The minimum Gasteiger partial charge on any atom is -0.548 e. The predicted molar refractivity (Wildman–Crippen MR) is 60.2 cm³/mol. The van der Waals surface area contributed by atoms with Crippen LogP contribution in [0, 0.1) is 5.92 Å². The summed E-state index contributed by atoms with van der Waals surface area (Å²) >= 11 is 6.16.